The molecular formula is C9H14O2. The van der Waals surface area contributed by atoms with Gasteiger partial charge in [-0.05, 0) is 26.2 Å². The molecule has 2 heteroatoms. The first kappa shape index (κ1) is 10.2. The normalized spacial score (nSPS) is 15.1. The largest absolute Gasteiger partial charge is 0.367 e. The molecule has 62 valence electrons. The van der Waals surface area contributed by atoms with Crippen molar-refractivity contribution in [1.82, 2.24) is 0 Å². The minimum atomic E-state index is -0.774. The van der Waals surface area contributed by atoms with Crippen LogP contribution in [0.2, 0.25) is 0 Å². The second-order valence-corrected chi connectivity index (χ2v) is 2.49. The number of carbonyl (C=O) groups is 1. The number of carbonyl (C=O) groups excluding carboxylic acids is 1. The van der Waals surface area contributed by atoms with Crippen molar-refractivity contribution in [2.45, 2.75) is 32.8 Å². The topological polar surface area (TPSA) is 26.3 Å². The van der Waals surface area contributed by atoms with Crippen molar-refractivity contribution in [2.24, 2.45) is 0 Å². The SMILES string of the molecule is C#CC(=O)C(C)(CC)OCC. The molecule has 0 aromatic carbocycles. The average Bonchev–Trinajstić information content (AvgIpc) is 2.03. The number of terminal acetylenes is 1. The standard InChI is InChI=1S/C9H14O2/c1-5-8(10)9(4,6-2)11-7-3/h1H,6-7H2,2-4H3. The van der Waals surface area contributed by atoms with Crippen LogP contribution >= 0.6 is 0 Å². The van der Waals surface area contributed by atoms with E-state index in [0.717, 1.165) is 0 Å². The highest BCUT2D eigenvalue weighted by atomic mass is 16.5. The maximum atomic E-state index is 11.1. The summed E-state index contributed by atoms with van der Waals surface area (Å²) in [5.74, 6) is 1.80. The van der Waals surface area contributed by atoms with E-state index in [1.807, 2.05) is 13.8 Å². The van der Waals surface area contributed by atoms with E-state index in [0.29, 0.717) is 13.0 Å². The van der Waals surface area contributed by atoms with Crippen LogP contribution in [0.25, 0.3) is 0 Å². The van der Waals surface area contributed by atoms with E-state index in [1.54, 1.807) is 6.92 Å². The van der Waals surface area contributed by atoms with Crippen molar-refractivity contribution in [3.63, 3.8) is 0 Å². The monoisotopic (exact) mass is 154 g/mol. The van der Waals surface area contributed by atoms with Gasteiger partial charge >= 0.3 is 0 Å². The summed E-state index contributed by atoms with van der Waals surface area (Å²) in [6.07, 6.45) is 5.60. The van der Waals surface area contributed by atoms with Crippen molar-refractivity contribution in [3.05, 3.63) is 0 Å². The van der Waals surface area contributed by atoms with Crippen LogP contribution in [0.5, 0.6) is 0 Å². The van der Waals surface area contributed by atoms with Crippen LogP contribution in [-0.2, 0) is 9.53 Å². The molecule has 0 saturated carbocycles. The molecule has 11 heavy (non-hydrogen) atoms. The summed E-state index contributed by atoms with van der Waals surface area (Å²) in [7, 11) is 0. The molecule has 0 saturated heterocycles. The summed E-state index contributed by atoms with van der Waals surface area (Å²) < 4.78 is 5.24. The molecule has 0 rings (SSSR count). The lowest BCUT2D eigenvalue weighted by Gasteiger charge is -2.23. The molecule has 0 aliphatic rings. The zero-order chi connectivity index (χ0) is 8.91. The minimum Gasteiger partial charge on any atom is -0.367 e. The lowest BCUT2D eigenvalue weighted by Crippen LogP contribution is -2.36. The van der Waals surface area contributed by atoms with E-state index in [9.17, 15) is 4.79 Å². The van der Waals surface area contributed by atoms with Gasteiger partial charge in [0.2, 0.25) is 5.78 Å². The lowest BCUT2D eigenvalue weighted by molar-refractivity contribution is -0.136. The Balaban J connectivity index is 4.35. The van der Waals surface area contributed by atoms with Crippen molar-refractivity contribution >= 4 is 5.78 Å². The maximum Gasteiger partial charge on any atom is 0.236 e. The second kappa shape index (κ2) is 4.15. The first-order valence-corrected chi connectivity index (χ1v) is 3.75. The summed E-state index contributed by atoms with van der Waals surface area (Å²) in [6, 6.07) is 0. The quantitative estimate of drug-likeness (QED) is 0.452. The Bertz CT molecular complexity index is 178. The molecule has 1 unspecified atom stereocenters. The van der Waals surface area contributed by atoms with Gasteiger partial charge in [0.25, 0.3) is 0 Å². The number of hydrogen-bond acceptors (Lipinski definition) is 2. The lowest BCUT2D eigenvalue weighted by atomic mass is 9.98. The zero-order valence-electron chi connectivity index (χ0n) is 7.31. The highest BCUT2D eigenvalue weighted by Gasteiger charge is 2.29. The van der Waals surface area contributed by atoms with Gasteiger partial charge in [-0.3, -0.25) is 4.79 Å². The van der Waals surface area contributed by atoms with Gasteiger partial charge in [0.1, 0.15) is 5.60 Å². The van der Waals surface area contributed by atoms with E-state index in [1.165, 1.54) is 0 Å². The van der Waals surface area contributed by atoms with E-state index < -0.39 is 5.60 Å². The fraction of sp³-hybridized carbons (Fsp3) is 0.667. The Morgan fingerprint density at radius 3 is 2.45 bits per heavy atom. The van der Waals surface area contributed by atoms with E-state index >= 15 is 0 Å². The molecule has 0 spiro atoms. The van der Waals surface area contributed by atoms with Crippen molar-refractivity contribution < 1.29 is 9.53 Å². The third-order valence-electron chi connectivity index (χ3n) is 1.75. The average molecular weight is 154 g/mol. The predicted molar refractivity (Wildman–Crippen MR) is 44.2 cm³/mol. The number of hydrogen-bond donors (Lipinski definition) is 0. The van der Waals surface area contributed by atoms with Crippen LogP contribution in [0.3, 0.4) is 0 Å². The fourth-order valence-electron chi connectivity index (χ4n) is 0.799. The Hall–Kier alpha value is -0.810. The Morgan fingerprint density at radius 2 is 2.18 bits per heavy atom. The Morgan fingerprint density at radius 1 is 1.64 bits per heavy atom. The minimum absolute atomic E-state index is 0.276. The number of Topliss-reactive ketones (excluding diaryl/α,β-unsaturated/α-hetero) is 1. The van der Waals surface area contributed by atoms with Crippen molar-refractivity contribution in [1.29, 1.82) is 0 Å². The fourth-order valence-corrected chi connectivity index (χ4v) is 0.799. The zero-order valence-corrected chi connectivity index (χ0v) is 7.31. The summed E-state index contributed by atoms with van der Waals surface area (Å²) in [5, 5.41) is 0. The van der Waals surface area contributed by atoms with Crippen LogP contribution in [0.1, 0.15) is 27.2 Å². The number of ether oxygens (including phenoxy) is 1. The Labute approximate surface area is 67.9 Å². The molecule has 0 amide bonds. The molecule has 2 nitrogen and oxygen atoms in total. The van der Waals surface area contributed by atoms with Gasteiger partial charge in [0, 0.05) is 6.61 Å². The Kier molecular flexibility index (Phi) is 3.84. The molecular weight excluding hydrogens is 140 g/mol. The molecule has 0 aliphatic heterocycles. The molecule has 0 aromatic rings. The van der Waals surface area contributed by atoms with Gasteiger partial charge in [-0.15, -0.1) is 6.42 Å². The van der Waals surface area contributed by atoms with Crippen LogP contribution in [0.4, 0.5) is 0 Å². The molecule has 0 N–H and O–H groups in total. The maximum absolute atomic E-state index is 11.1. The van der Waals surface area contributed by atoms with Crippen LogP contribution in [0.15, 0.2) is 0 Å². The smallest absolute Gasteiger partial charge is 0.236 e. The first-order chi connectivity index (χ1) is 5.10. The highest BCUT2D eigenvalue weighted by Crippen LogP contribution is 2.15. The summed E-state index contributed by atoms with van der Waals surface area (Å²) in [4.78, 5) is 11.1. The van der Waals surface area contributed by atoms with E-state index in [-0.39, 0.29) is 5.78 Å². The summed E-state index contributed by atoms with van der Waals surface area (Å²) in [6.45, 7) is 5.96. The van der Waals surface area contributed by atoms with Gasteiger partial charge < -0.3 is 4.74 Å². The van der Waals surface area contributed by atoms with Gasteiger partial charge in [-0.2, -0.15) is 0 Å². The molecule has 1 atom stereocenters. The van der Waals surface area contributed by atoms with Crippen LogP contribution in [-0.4, -0.2) is 18.0 Å². The molecule has 0 aromatic heterocycles. The highest BCUT2D eigenvalue weighted by molar-refractivity contribution is 6.01. The molecule has 0 radical (unpaired) electrons. The van der Waals surface area contributed by atoms with Gasteiger partial charge in [0.05, 0.1) is 0 Å². The molecule has 0 heterocycles. The van der Waals surface area contributed by atoms with E-state index in [4.69, 9.17) is 11.2 Å². The van der Waals surface area contributed by atoms with Gasteiger partial charge in [0.15, 0.2) is 0 Å². The van der Waals surface area contributed by atoms with Crippen molar-refractivity contribution in [2.75, 3.05) is 6.61 Å². The van der Waals surface area contributed by atoms with Crippen molar-refractivity contribution in [3.8, 4) is 12.3 Å². The summed E-state index contributed by atoms with van der Waals surface area (Å²) >= 11 is 0. The first-order valence-electron chi connectivity index (χ1n) is 3.75. The second-order valence-electron chi connectivity index (χ2n) is 2.49. The van der Waals surface area contributed by atoms with Gasteiger partial charge in [-0.1, -0.05) is 6.92 Å². The third kappa shape index (κ3) is 2.36. The van der Waals surface area contributed by atoms with Crippen LogP contribution < -0.4 is 0 Å². The molecule has 0 fully saturated rings. The molecule has 0 aliphatic carbocycles. The van der Waals surface area contributed by atoms with Gasteiger partial charge in [-0.25, -0.2) is 0 Å². The van der Waals surface area contributed by atoms with Crippen LogP contribution in [0, 0.1) is 12.3 Å². The third-order valence-corrected chi connectivity index (χ3v) is 1.75. The summed E-state index contributed by atoms with van der Waals surface area (Å²) in [5.41, 5.74) is -0.774. The number of ketones is 1. The molecule has 0 bridgehead atoms. The number of rotatable bonds is 4. The predicted octanol–water partition coefficient (Wildman–Crippen LogP) is 1.39. The van der Waals surface area contributed by atoms with E-state index in [2.05, 4.69) is 5.92 Å².